The predicted octanol–water partition coefficient (Wildman–Crippen LogP) is 5.11. The second kappa shape index (κ2) is 7.43. The highest BCUT2D eigenvalue weighted by Crippen LogP contribution is 2.23. The highest BCUT2D eigenvalue weighted by atomic mass is 79.9. The van der Waals surface area contributed by atoms with E-state index in [0.29, 0.717) is 0 Å². The Bertz CT molecular complexity index is 411. The minimum Gasteiger partial charge on any atom is -0.368 e. The molecule has 0 radical (unpaired) electrons. The van der Waals surface area contributed by atoms with Gasteiger partial charge in [0.1, 0.15) is 5.54 Å². The molecule has 1 N–H and O–H groups in total. The Kier molecular flexibility index (Phi) is 6.21. The van der Waals surface area contributed by atoms with E-state index in [0.717, 1.165) is 23.0 Å². The number of rotatable bonds is 7. The molecule has 0 aliphatic heterocycles. The van der Waals surface area contributed by atoms with Gasteiger partial charge in [0.15, 0.2) is 0 Å². The van der Waals surface area contributed by atoms with Crippen molar-refractivity contribution in [3.63, 3.8) is 0 Å². The molecule has 0 spiro atoms. The van der Waals surface area contributed by atoms with Gasteiger partial charge in [-0.05, 0) is 31.5 Å². The molecule has 0 saturated carbocycles. The smallest absolute Gasteiger partial charge is 0.122 e. The van der Waals surface area contributed by atoms with Gasteiger partial charge in [-0.2, -0.15) is 5.26 Å². The first-order valence-electron chi connectivity index (χ1n) is 6.54. The lowest BCUT2D eigenvalue weighted by atomic mass is 9.95. The standard InChI is InChI=1S/C15H21BrN2/c1-3-4-5-6-10-15(2,12-17)18-14-9-7-8-13(16)11-14/h7-9,11,18H,3-6,10H2,1-2H3. The van der Waals surface area contributed by atoms with E-state index in [2.05, 4.69) is 34.2 Å². The van der Waals surface area contributed by atoms with Crippen molar-refractivity contribution in [3.05, 3.63) is 28.7 Å². The summed E-state index contributed by atoms with van der Waals surface area (Å²) in [6.45, 7) is 4.17. The average Bonchev–Trinajstić information content (AvgIpc) is 2.35. The minimum atomic E-state index is -0.478. The quantitative estimate of drug-likeness (QED) is 0.710. The lowest BCUT2D eigenvalue weighted by molar-refractivity contribution is 0.528. The molecule has 1 aromatic carbocycles. The lowest BCUT2D eigenvalue weighted by Crippen LogP contribution is -2.32. The third-order valence-electron chi connectivity index (χ3n) is 3.02. The SMILES string of the molecule is CCCCCCC(C)(C#N)Nc1cccc(Br)c1. The van der Waals surface area contributed by atoms with Crippen LogP contribution in [-0.4, -0.2) is 5.54 Å². The number of hydrogen-bond acceptors (Lipinski definition) is 2. The fourth-order valence-corrected chi connectivity index (χ4v) is 2.34. The van der Waals surface area contributed by atoms with Gasteiger partial charge in [0.25, 0.3) is 0 Å². The molecule has 0 amide bonds. The van der Waals surface area contributed by atoms with E-state index in [9.17, 15) is 5.26 Å². The van der Waals surface area contributed by atoms with Crippen LogP contribution in [0.4, 0.5) is 5.69 Å². The molecule has 0 fully saturated rings. The summed E-state index contributed by atoms with van der Waals surface area (Å²) in [5, 5.41) is 12.7. The van der Waals surface area contributed by atoms with Crippen LogP contribution < -0.4 is 5.32 Å². The van der Waals surface area contributed by atoms with Crippen LogP contribution in [0, 0.1) is 11.3 Å². The zero-order valence-corrected chi connectivity index (χ0v) is 12.8. The maximum Gasteiger partial charge on any atom is 0.122 e. The Labute approximate surface area is 119 Å². The van der Waals surface area contributed by atoms with Crippen LogP contribution in [0.15, 0.2) is 28.7 Å². The van der Waals surface area contributed by atoms with Gasteiger partial charge in [-0.3, -0.25) is 0 Å². The van der Waals surface area contributed by atoms with Gasteiger partial charge in [0.05, 0.1) is 6.07 Å². The number of nitriles is 1. The van der Waals surface area contributed by atoms with E-state index in [4.69, 9.17) is 0 Å². The second-order valence-corrected chi connectivity index (χ2v) is 5.81. The summed E-state index contributed by atoms with van der Waals surface area (Å²) >= 11 is 3.44. The Morgan fingerprint density at radius 3 is 2.72 bits per heavy atom. The van der Waals surface area contributed by atoms with Gasteiger partial charge in [0, 0.05) is 10.2 Å². The van der Waals surface area contributed by atoms with E-state index in [1.807, 2.05) is 31.2 Å². The molecule has 1 aromatic rings. The van der Waals surface area contributed by atoms with Gasteiger partial charge < -0.3 is 5.32 Å². The Hall–Kier alpha value is -1.01. The summed E-state index contributed by atoms with van der Waals surface area (Å²) in [6, 6.07) is 10.3. The second-order valence-electron chi connectivity index (χ2n) is 4.89. The molecule has 0 aromatic heterocycles. The molecule has 1 atom stereocenters. The molecular weight excluding hydrogens is 288 g/mol. The van der Waals surface area contributed by atoms with E-state index < -0.39 is 5.54 Å². The van der Waals surface area contributed by atoms with Crippen molar-refractivity contribution in [2.45, 2.75) is 51.5 Å². The summed E-state index contributed by atoms with van der Waals surface area (Å²) in [4.78, 5) is 0. The molecule has 3 heteroatoms. The molecule has 0 bridgehead atoms. The molecule has 98 valence electrons. The first kappa shape index (κ1) is 15.0. The van der Waals surface area contributed by atoms with Crippen molar-refractivity contribution >= 4 is 21.6 Å². The Morgan fingerprint density at radius 1 is 1.33 bits per heavy atom. The van der Waals surface area contributed by atoms with Crippen LogP contribution >= 0.6 is 15.9 Å². The summed E-state index contributed by atoms with van der Waals surface area (Å²) in [6.07, 6.45) is 5.66. The van der Waals surface area contributed by atoms with Crippen molar-refractivity contribution in [2.75, 3.05) is 5.32 Å². The number of hydrogen-bond donors (Lipinski definition) is 1. The summed E-state index contributed by atoms with van der Waals surface area (Å²) in [7, 11) is 0. The van der Waals surface area contributed by atoms with Crippen LogP contribution in [0.5, 0.6) is 0 Å². The van der Waals surface area contributed by atoms with Crippen molar-refractivity contribution in [2.24, 2.45) is 0 Å². The fourth-order valence-electron chi connectivity index (χ4n) is 1.94. The van der Waals surface area contributed by atoms with Gasteiger partial charge in [-0.25, -0.2) is 0 Å². The normalized spacial score (nSPS) is 13.7. The number of anilines is 1. The number of halogens is 1. The molecular formula is C15H21BrN2. The first-order valence-corrected chi connectivity index (χ1v) is 7.34. The van der Waals surface area contributed by atoms with E-state index >= 15 is 0 Å². The van der Waals surface area contributed by atoms with Crippen molar-refractivity contribution < 1.29 is 0 Å². The van der Waals surface area contributed by atoms with Crippen LogP contribution in [-0.2, 0) is 0 Å². The maximum absolute atomic E-state index is 9.35. The zero-order valence-electron chi connectivity index (χ0n) is 11.2. The third-order valence-corrected chi connectivity index (χ3v) is 3.52. The fraction of sp³-hybridized carbons (Fsp3) is 0.533. The van der Waals surface area contributed by atoms with E-state index in [1.165, 1.54) is 19.3 Å². The first-order chi connectivity index (χ1) is 8.59. The van der Waals surface area contributed by atoms with Crippen molar-refractivity contribution in [1.82, 2.24) is 0 Å². The molecule has 1 rings (SSSR count). The molecule has 1 unspecified atom stereocenters. The molecule has 0 saturated heterocycles. The maximum atomic E-state index is 9.35. The Balaban J connectivity index is 2.57. The van der Waals surface area contributed by atoms with E-state index in [1.54, 1.807) is 0 Å². The molecule has 18 heavy (non-hydrogen) atoms. The van der Waals surface area contributed by atoms with Crippen LogP contribution in [0.2, 0.25) is 0 Å². The topological polar surface area (TPSA) is 35.8 Å². The monoisotopic (exact) mass is 308 g/mol. The molecule has 0 heterocycles. The highest BCUT2D eigenvalue weighted by Gasteiger charge is 2.22. The highest BCUT2D eigenvalue weighted by molar-refractivity contribution is 9.10. The summed E-state index contributed by atoms with van der Waals surface area (Å²) in [5.41, 5.74) is 0.512. The van der Waals surface area contributed by atoms with Gasteiger partial charge >= 0.3 is 0 Å². The van der Waals surface area contributed by atoms with Gasteiger partial charge in [0.2, 0.25) is 0 Å². The molecule has 0 aliphatic carbocycles. The zero-order chi connectivity index (χ0) is 13.4. The minimum absolute atomic E-state index is 0.478. The number of nitrogens with one attached hydrogen (secondary N) is 1. The molecule has 2 nitrogen and oxygen atoms in total. The van der Waals surface area contributed by atoms with Crippen LogP contribution in [0.25, 0.3) is 0 Å². The van der Waals surface area contributed by atoms with Crippen molar-refractivity contribution in [3.8, 4) is 6.07 Å². The van der Waals surface area contributed by atoms with Crippen LogP contribution in [0.1, 0.15) is 46.0 Å². The Morgan fingerprint density at radius 2 is 2.11 bits per heavy atom. The largest absolute Gasteiger partial charge is 0.368 e. The third kappa shape index (κ3) is 5.10. The number of unbranched alkanes of at least 4 members (excludes halogenated alkanes) is 3. The number of benzene rings is 1. The molecule has 0 aliphatic rings. The van der Waals surface area contributed by atoms with Crippen molar-refractivity contribution in [1.29, 1.82) is 5.26 Å². The lowest BCUT2D eigenvalue weighted by Gasteiger charge is -2.24. The summed E-state index contributed by atoms with van der Waals surface area (Å²) in [5.74, 6) is 0. The van der Waals surface area contributed by atoms with Gasteiger partial charge in [-0.1, -0.05) is 54.6 Å². The van der Waals surface area contributed by atoms with E-state index in [-0.39, 0.29) is 0 Å². The average molecular weight is 309 g/mol. The van der Waals surface area contributed by atoms with Crippen LogP contribution in [0.3, 0.4) is 0 Å². The van der Waals surface area contributed by atoms with Gasteiger partial charge in [-0.15, -0.1) is 0 Å². The summed E-state index contributed by atoms with van der Waals surface area (Å²) < 4.78 is 1.03. The predicted molar refractivity (Wildman–Crippen MR) is 80.5 cm³/mol. The number of nitrogens with zero attached hydrogens (tertiary/aromatic N) is 1.